The van der Waals surface area contributed by atoms with Crippen LogP contribution in [-0.2, 0) is 17.8 Å². The van der Waals surface area contributed by atoms with Gasteiger partial charge in [0.05, 0.1) is 20.6 Å². The summed E-state index contributed by atoms with van der Waals surface area (Å²) in [4.78, 5) is 50.1. The summed E-state index contributed by atoms with van der Waals surface area (Å²) >= 11 is 13.7. The van der Waals surface area contributed by atoms with Gasteiger partial charge in [-0.1, -0.05) is 41.4 Å². The second-order valence-electron chi connectivity index (χ2n) is 8.75. The third-order valence-corrected chi connectivity index (χ3v) is 7.57. The monoisotopic (exact) mass is 565 g/mol. The van der Waals surface area contributed by atoms with Crippen molar-refractivity contribution in [1.29, 1.82) is 0 Å². The Bertz CT molecular complexity index is 1530. The summed E-state index contributed by atoms with van der Waals surface area (Å²) in [6.07, 6.45) is 3.52. The van der Waals surface area contributed by atoms with Gasteiger partial charge in [-0.3, -0.25) is 19.4 Å². The lowest BCUT2D eigenvalue weighted by Gasteiger charge is -2.28. The predicted octanol–water partition coefficient (Wildman–Crippen LogP) is 5.61. The SMILES string of the molecule is Cc1ccc(NC(=O)c2ccc(CN3C(=O)c4sc(Cl)cc4NC(=O)C3Cc3ccccn3)cc2Cl)nc1. The molecule has 4 aromatic rings. The Morgan fingerprint density at radius 1 is 1.11 bits per heavy atom. The van der Waals surface area contributed by atoms with Gasteiger partial charge in [0, 0.05) is 31.1 Å². The average molecular weight is 566 g/mol. The van der Waals surface area contributed by atoms with E-state index in [-0.39, 0.29) is 35.4 Å². The van der Waals surface area contributed by atoms with E-state index < -0.39 is 11.9 Å². The molecule has 0 spiro atoms. The standard InChI is InChI=1S/C27H21Cl2N5O3S/c1-15-5-8-23(31-13-15)33-25(35)18-7-6-16(10-19(18)28)14-34-21(11-17-4-2-3-9-30-17)26(36)32-20-12-22(29)38-24(20)27(34)37/h2-10,12-13,21H,11,14H2,1H3,(H,32,36)(H,31,33,35). The number of anilines is 2. The third kappa shape index (κ3) is 5.55. The molecule has 3 amide bonds. The van der Waals surface area contributed by atoms with Crippen LogP contribution in [0.15, 0.2) is 67.0 Å². The summed E-state index contributed by atoms with van der Waals surface area (Å²) in [7, 11) is 0. The van der Waals surface area contributed by atoms with Crippen LogP contribution in [0.2, 0.25) is 9.36 Å². The minimum Gasteiger partial charge on any atom is -0.323 e. The molecular formula is C27H21Cl2N5O3S. The lowest BCUT2D eigenvalue weighted by molar-refractivity contribution is -0.120. The molecule has 2 N–H and O–H groups in total. The molecule has 8 nitrogen and oxygen atoms in total. The first-order chi connectivity index (χ1) is 18.3. The zero-order valence-electron chi connectivity index (χ0n) is 20.1. The van der Waals surface area contributed by atoms with Crippen molar-refractivity contribution in [2.75, 3.05) is 10.6 Å². The van der Waals surface area contributed by atoms with E-state index in [2.05, 4.69) is 20.6 Å². The summed E-state index contributed by atoms with van der Waals surface area (Å²) in [5.41, 5.74) is 2.94. The van der Waals surface area contributed by atoms with Crippen molar-refractivity contribution >= 4 is 63.8 Å². The first-order valence-electron chi connectivity index (χ1n) is 11.6. The molecule has 38 heavy (non-hydrogen) atoms. The molecular weight excluding hydrogens is 545 g/mol. The molecule has 0 fully saturated rings. The molecule has 0 radical (unpaired) electrons. The molecule has 192 valence electrons. The van der Waals surface area contributed by atoms with Crippen molar-refractivity contribution in [1.82, 2.24) is 14.9 Å². The van der Waals surface area contributed by atoms with Gasteiger partial charge in [0.2, 0.25) is 5.91 Å². The van der Waals surface area contributed by atoms with Gasteiger partial charge in [0.1, 0.15) is 16.7 Å². The van der Waals surface area contributed by atoms with Crippen LogP contribution in [0.3, 0.4) is 0 Å². The van der Waals surface area contributed by atoms with Crippen LogP contribution in [0.4, 0.5) is 11.5 Å². The Balaban J connectivity index is 1.42. The van der Waals surface area contributed by atoms with Crippen molar-refractivity contribution in [2.45, 2.75) is 25.9 Å². The maximum Gasteiger partial charge on any atom is 0.267 e. The Morgan fingerprint density at radius 3 is 2.66 bits per heavy atom. The first-order valence-corrected chi connectivity index (χ1v) is 13.2. The fourth-order valence-electron chi connectivity index (χ4n) is 4.11. The number of aryl methyl sites for hydroxylation is 1. The van der Waals surface area contributed by atoms with Crippen LogP contribution in [0.25, 0.3) is 0 Å². The van der Waals surface area contributed by atoms with E-state index >= 15 is 0 Å². The van der Waals surface area contributed by atoms with E-state index in [1.165, 1.54) is 4.90 Å². The Kier molecular flexibility index (Phi) is 7.42. The number of nitrogens with one attached hydrogen (secondary N) is 2. The number of hydrogen-bond donors (Lipinski definition) is 2. The zero-order valence-corrected chi connectivity index (χ0v) is 22.4. The van der Waals surface area contributed by atoms with E-state index in [1.54, 1.807) is 54.9 Å². The highest BCUT2D eigenvalue weighted by Gasteiger charge is 2.37. The van der Waals surface area contributed by atoms with Crippen LogP contribution in [0.5, 0.6) is 0 Å². The number of pyridine rings is 2. The number of amides is 3. The fraction of sp³-hybridized carbons (Fsp3) is 0.148. The van der Waals surface area contributed by atoms with Crippen LogP contribution >= 0.6 is 34.5 Å². The lowest BCUT2D eigenvalue weighted by atomic mass is 10.1. The van der Waals surface area contributed by atoms with Gasteiger partial charge in [-0.2, -0.15) is 0 Å². The number of benzene rings is 1. The summed E-state index contributed by atoms with van der Waals surface area (Å²) in [5.74, 6) is -0.678. The molecule has 11 heteroatoms. The van der Waals surface area contributed by atoms with Crippen molar-refractivity contribution < 1.29 is 14.4 Å². The van der Waals surface area contributed by atoms with Crippen LogP contribution in [0.1, 0.15) is 36.9 Å². The highest BCUT2D eigenvalue weighted by atomic mass is 35.5. The van der Waals surface area contributed by atoms with Gasteiger partial charge in [-0.15, -0.1) is 11.3 Å². The number of hydrogen-bond acceptors (Lipinski definition) is 6. The Labute approximate surface area is 232 Å². The molecule has 0 saturated carbocycles. The van der Waals surface area contributed by atoms with Crippen molar-refractivity contribution in [3.8, 4) is 0 Å². The molecule has 1 aromatic carbocycles. The van der Waals surface area contributed by atoms with Gasteiger partial charge in [0.15, 0.2) is 0 Å². The van der Waals surface area contributed by atoms with E-state index in [4.69, 9.17) is 23.2 Å². The van der Waals surface area contributed by atoms with Gasteiger partial charge < -0.3 is 15.5 Å². The molecule has 4 heterocycles. The predicted molar refractivity (Wildman–Crippen MR) is 148 cm³/mol. The van der Waals surface area contributed by atoms with Gasteiger partial charge in [-0.25, -0.2) is 4.98 Å². The number of carbonyl (C=O) groups is 3. The van der Waals surface area contributed by atoms with Gasteiger partial charge in [-0.05, 0) is 54.4 Å². The zero-order chi connectivity index (χ0) is 26.8. The van der Waals surface area contributed by atoms with E-state index in [9.17, 15) is 14.4 Å². The number of halogens is 2. The Morgan fingerprint density at radius 2 is 1.95 bits per heavy atom. The summed E-state index contributed by atoms with van der Waals surface area (Å²) < 4.78 is 0.397. The quantitative estimate of drug-likeness (QED) is 0.316. The average Bonchev–Trinajstić information content (AvgIpc) is 3.23. The second kappa shape index (κ2) is 10.9. The lowest BCUT2D eigenvalue weighted by Crippen LogP contribution is -2.46. The van der Waals surface area contributed by atoms with Crippen LogP contribution < -0.4 is 10.6 Å². The molecule has 0 saturated heterocycles. The number of carbonyl (C=O) groups excluding carboxylic acids is 3. The first kappa shape index (κ1) is 25.8. The van der Waals surface area contributed by atoms with Gasteiger partial charge >= 0.3 is 0 Å². The van der Waals surface area contributed by atoms with E-state index in [1.807, 2.05) is 19.1 Å². The number of aromatic nitrogens is 2. The highest BCUT2D eigenvalue weighted by Crippen LogP contribution is 2.35. The molecule has 0 bridgehead atoms. The van der Waals surface area contributed by atoms with Crippen molar-refractivity contribution in [2.24, 2.45) is 0 Å². The van der Waals surface area contributed by atoms with Crippen molar-refractivity contribution in [3.05, 3.63) is 104 Å². The fourth-order valence-corrected chi connectivity index (χ4v) is 5.53. The maximum absolute atomic E-state index is 13.6. The smallest absolute Gasteiger partial charge is 0.267 e. The Hall–Kier alpha value is -3.79. The molecule has 1 aliphatic heterocycles. The van der Waals surface area contributed by atoms with Gasteiger partial charge in [0.25, 0.3) is 11.8 Å². The van der Waals surface area contributed by atoms with E-state index in [0.717, 1.165) is 16.9 Å². The molecule has 1 atom stereocenters. The largest absolute Gasteiger partial charge is 0.323 e. The van der Waals surface area contributed by atoms with Crippen molar-refractivity contribution in [3.63, 3.8) is 0 Å². The number of rotatable bonds is 6. The van der Waals surface area contributed by atoms with E-state index in [0.29, 0.717) is 32.0 Å². The highest BCUT2D eigenvalue weighted by molar-refractivity contribution is 7.18. The summed E-state index contributed by atoms with van der Waals surface area (Å²) in [6.45, 7) is 1.99. The topological polar surface area (TPSA) is 104 Å². The van der Waals surface area contributed by atoms with Crippen LogP contribution in [-0.4, -0.2) is 38.6 Å². The number of thiophene rings is 1. The molecule has 1 unspecified atom stereocenters. The normalized spacial score (nSPS) is 15.0. The van der Waals surface area contributed by atoms with Crippen LogP contribution in [0, 0.1) is 6.92 Å². The minimum absolute atomic E-state index is 0.0832. The minimum atomic E-state index is -0.829. The molecule has 5 rings (SSSR count). The maximum atomic E-state index is 13.6. The molecule has 3 aromatic heterocycles. The number of fused-ring (bicyclic) bond motifs is 1. The summed E-state index contributed by atoms with van der Waals surface area (Å²) in [5, 5.41) is 5.77. The summed E-state index contributed by atoms with van der Waals surface area (Å²) in [6, 6.07) is 14.6. The third-order valence-electron chi connectivity index (χ3n) is 6.01. The molecule has 0 aliphatic carbocycles. The second-order valence-corrected chi connectivity index (χ2v) is 10.8. The molecule has 1 aliphatic rings. The number of nitrogens with zero attached hydrogens (tertiary/aromatic N) is 3.